The van der Waals surface area contributed by atoms with Crippen molar-refractivity contribution in [1.29, 1.82) is 0 Å². The molecule has 0 atom stereocenters. The minimum Gasteiger partial charge on any atom is -0.493 e. The van der Waals surface area contributed by atoms with Crippen LogP contribution in [-0.2, 0) is 19.3 Å². The Bertz CT molecular complexity index is 836. The summed E-state index contributed by atoms with van der Waals surface area (Å²) >= 11 is 1.79. The molecule has 3 heterocycles. The normalized spacial score (nSPS) is 11.1. The lowest BCUT2D eigenvalue weighted by Gasteiger charge is -2.04. The second-order valence-electron chi connectivity index (χ2n) is 4.99. The average Bonchev–Trinajstić information content (AvgIpc) is 2.92. The maximum absolute atomic E-state index is 11.7. The highest BCUT2D eigenvalue weighted by molar-refractivity contribution is 7.10. The molecule has 3 aromatic rings. The van der Waals surface area contributed by atoms with E-state index in [4.69, 9.17) is 0 Å². The van der Waals surface area contributed by atoms with Crippen LogP contribution in [0, 0.1) is 0 Å². The fourth-order valence-corrected chi connectivity index (χ4v) is 3.27. The summed E-state index contributed by atoms with van der Waals surface area (Å²) in [6.07, 6.45) is 4.65. The molecule has 21 heavy (non-hydrogen) atoms. The van der Waals surface area contributed by atoms with Crippen LogP contribution in [0.15, 0.2) is 40.6 Å². The largest absolute Gasteiger partial charge is 0.493 e. The Balaban J connectivity index is 1.82. The Hall–Kier alpha value is -2.14. The molecule has 3 aromatic heterocycles. The van der Waals surface area contributed by atoms with Crippen LogP contribution >= 0.6 is 11.3 Å². The Kier molecular flexibility index (Phi) is 3.75. The molecule has 5 heteroatoms. The molecule has 108 valence electrons. The Morgan fingerprint density at radius 2 is 2.10 bits per heavy atom. The van der Waals surface area contributed by atoms with Gasteiger partial charge in [0.05, 0.1) is 6.07 Å². The van der Waals surface area contributed by atoms with Crippen LogP contribution < -0.4 is 5.56 Å². The van der Waals surface area contributed by atoms with Crippen molar-refractivity contribution in [2.24, 2.45) is 0 Å². The highest BCUT2D eigenvalue weighted by atomic mass is 32.1. The van der Waals surface area contributed by atoms with E-state index in [1.807, 2.05) is 12.1 Å². The van der Waals surface area contributed by atoms with Crippen molar-refractivity contribution in [3.63, 3.8) is 0 Å². The van der Waals surface area contributed by atoms with Crippen LogP contribution in [0.4, 0.5) is 0 Å². The van der Waals surface area contributed by atoms with E-state index in [0.717, 1.165) is 30.9 Å². The third-order valence-electron chi connectivity index (χ3n) is 3.49. The van der Waals surface area contributed by atoms with E-state index in [9.17, 15) is 9.90 Å². The first-order valence-corrected chi connectivity index (χ1v) is 7.81. The van der Waals surface area contributed by atoms with Gasteiger partial charge in [0.2, 0.25) is 5.88 Å². The number of aryl methyl sites for hydroxylation is 3. The van der Waals surface area contributed by atoms with Gasteiger partial charge in [-0.25, -0.2) is 0 Å². The van der Waals surface area contributed by atoms with Gasteiger partial charge >= 0.3 is 0 Å². The number of aromatic nitrogens is 2. The van der Waals surface area contributed by atoms with Crippen molar-refractivity contribution in [1.82, 2.24) is 9.38 Å². The van der Waals surface area contributed by atoms with Gasteiger partial charge in [0.25, 0.3) is 5.56 Å². The zero-order valence-electron chi connectivity index (χ0n) is 11.7. The third-order valence-corrected chi connectivity index (χ3v) is 4.54. The summed E-state index contributed by atoms with van der Waals surface area (Å²) in [5.41, 5.74) is 2.71. The Morgan fingerprint density at radius 1 is 1.24 bits per heavy atom. The molecule has 0 amide bonds. The summed E-state index contributed by atoms with van der Waals surface area (Å²) in [4.78, 5) is 17.0. The molecule has 4 nitrogen and oxygen atoms in total. The minimum atomic E-state index is -0.269. The SMILES string of the molecule is CCc1csc(CCc2ccn3c(=O)cc(O)nc3c2)c1. The smallest absolute Gasteiger partial charge is 0.261 e. The van der Waals surface area contributed by atoms with Crippen LogP contribution in [0.5, 0.6) is 5.88 Å². The molecule has 0 saturated heterocycles. The van der Waals surface area contributed by atoms with Gasteiger partial charge in [-0.15, -0.1) is 11.3 Å². The van der Waals surface area contributed by atoms with Gasteiger partial charge in [-0.2, -0.15) is 4.98 Å². The highest BCUT2D eigenvalue weighted by Crippen LogP contribution is 2.18. The molecule has 0 radical (unpaired) electrons. The number of rotatable bonds is 4. The molecular formula is C16H16N2O2S. The van der Waals surface area contributed by atoms with Gasteiger partial charge in [0.15, 0.2) is 0 Å². The van der Waals surface area contributed by atoms with E-state index >= 15 is 0 Å². The Labute approximate surface area is 126 Å². The standard InChI is InChI=1S/C16H16N2O2S/c1-2-11-7-13(21-10-11)4-3-12-5-6-18-14(8-12)17-15(19)9-16(18)20/h5-10,19H,2-4H2,1H3. The maximum atomic E-state index is 11.7. The fraction of sp³-hybridized carbons (Fsp3) is 0.250. The molecule has 0 aliphatic carbocycles. The molecule has 0 aromatic carbocycles. The molecular weight excluding hydrogens is 284 g/mol. The zero-order chi connectivity index (χ0) is 14.8. The highest BCUT2D eigenvalue weighted by Gasteiger charge is 2.04. The Morgan fingerprint density at radius 3 is 2.86 bits per heavy atom. The lowest BCUT2D eigenvalue weighted by molar-refractivity contribution is 0.453. The van der Waals surface area contributed by atoms with Gasteiger partial charge in [-0.1, -0.05) is 6.92 Å². The van der Waals surface area contributed by atoms with E-state index in [0.29, 0.717) is 5.65 Å². The second-order valence-corrected chi connectivity index (χ2v) is 5.99. The lowest BCUT2D eigenvalue weighted by atomic mass is 10.1. The third kappa shape index (κ3) is 2.97. The maximum Gasteiger partial charge on any atom is 0.261 e. The van der Waals surface area contributed by atoms with Crippen LogP contribution in [0.2, 0.25) is 0 Å². The first-order valence-electron chi connectivity index (χ1n) is 6.93. The number of pyridine rings is 1. The van der Waals surface area contributed by atoms with Gasteiger partial charge in [0.1, 0.15) is 5.65 Å². The number of aromatic hydroxyl groups is 1. The van der Waals surface area contributed by atoms with E-state index in [2.05, 4.69) is 23.4 Å². The van der Waals surface area contributed by atoms with E-state index < -0.39 is 0 Å². The summed E-state index contributed by atoms with van der Waals surface area (Å²) in [6.45, 7) is 2.16. The molecule has 3 rings (SSSR count). The number of hydrogen-bond donors (Lipinski definition) is 1. The summed E-state index contributed by atoms with van der Waals surface area (Å²) < 4.78 is 1.43. The van der Waals surface area contributed by atoms with Crippen LogP contribution in [0.3, 0.4) is 0 Å². The molecule has 0 spiro atoms. The average molecular weight is 300 g/mol. The first kappa shape index (κ1) is 13.8. The van der Waals surface area contributed by atoms with Crippen molar-refractivity contribution in [3.8, 4) is 5.88 Å². The van der Waals surface area contributed by atoms with E-state index in [1.54, 1.807) is 17.5 Å². The predicted molar refractivity (Wildman–Crippen MR) is 84.2 cm³/mol. The van der Waals surface area contributed by atoms with Gasteiger partial charge in [-0.3, -0.25) is 9.20 Å². The fourth-order valence-electron chi connectivity index (χ4n) is 2.30. The number of nitrogens with zero attached hydrogens (tertiary/aromatic N) is 2. The summed E-state index contributed by atoms with van der Waals surface area (Å²) in [7, 11) is 0. The summed E-state index contributed by atoms with van der Waals surface area (Å²) in [5.74, 6) is -0.233. The van der Waals surface area contributed by atoms with E-state index in [-0.39, 0.29) is 11.4 Å². The molecule has 0 bridgehead atoms. The molecule has 0 saturated carbocycles. The monoisotopic (exact) mass is 300 g/mol. The van der Waals surface area contributed by atoms with Crippen molar-refractivity contribution < 1.29 is 5.11 Å². The lowest BCUT2D eigenvalue weighted by Crippen LogP contribution is -2.13. The number of hydrogen-bond acceptors (Lipinski definition) is 4. The van der Waals surface area contributed by atoms with Gasteiger partial charge < -0.3 is 5.11 Å². The van der Waals surface area contributed by atoms with Crippen molar-refractivity contribution in [2.45, 2.75) is 26.2 Å². The van der Waals surface area contributed by atoms with Crippen molar-refractivity contribution >= 4 is 17.0 Å². The van der Waals surface area contributed by atoms with Crippen LogP contribution in [-0.4, -0.2) is 14.5 Å². The molecule has 0 aliphatic heterocycles. The van der Waals surface area contributed by atoms with Crippen LogP contribution in [0.25, 0.3) is 5.65 Å². The molecule has 0 unspecified atom stereocenters. The topological polar surface area (TPSA) is 54.6 Å². The van der Waals surface area contributed by atoms with Crippen molar-refractivity contribution in [2.75, 3.05) is 0 Å². The van der Waals surface area contributed by atoms with Crippen LogP contribution in [0.1, 0.15) is 22.9 Å². The minimum absolute atomic E-state index is 0.233. The summed E-state index contributed by atoms with van der Waals surface area (Å²) in [5, 5.41) is 11.6. The zero-order valence-corrected chi connectivity index (χ0v) is 12.6. The number of thiophene rings is 1. The van der Waals surface area contributed by atoms with Crippen molar-refractivity contribution in [3.05, 3.63) is 62.2 Å². The molecule has 0 fully saturated rings. The van der Waals surface area contributed by atoms with Gasteiger partial charge in [-0.05, 0) is 54.0 Å². The quantitative estimate of drug-likeness (QED) is 0.806. The molecule has 0 aliphatic rings. The van der Waals surface area contributed by atoms with Gasteiger partial charge in [0, 0.05) is 11.1 Å². The summed E-state index contributed by atoms with van der Waals surface area (Å²) in [6, 6.07) is 7.15. The predicted octanol–water partition coefficient (Wildman–Crippen LogP) is 2.81. The molecule has 1 N–H and O–H groups in total. The first-order chi connectivity index (χ1) is 10.2. The second kappa shape index (κ2) is 5.69. The number of fused-ring (bicyclic) bond motifs is 1. The van der Waals surface area contributed by atoms with E-state index in [1.165, 1.54) is 14.8 Å².